The average Bonchev–Trinajstić information content (AvgIpc) is 2.54. The Morgan fingerprint density at radius 3 is 2.57 bits per heavy atom. The van der Waals surface area contributed by atoms with Crippen LogP contribution in [-0.4, -0.2) is 28.5 Å². The molecule has 0 fully saturated rings. The lowest BCUT2D eigenvalue weighted by Gasteiger charge is -2.29. The van der Waals surface area contributed by atoms with Gasteiger partial charge in [-0.25, -0.2) is 9.97 Å². The number of ether oxygens (including phenoxy) is 1. The third-order valence-electron chi connectivity index (χ3n) is 4.26. The molecule has 2 aromatic rings. The monoisotopic (exact) mass is 311 g/mol. The molecule has 122 valence electrons. The highest BCUT2D eigenvalue weighted by atomic mass is 16.5. The largest absolute Gasteiger partial charge is 0.497 e. The van der Waals surface area contributed by atoms with Crippen LogP contribution in [-0.2, 0) is 24.9 Å². The minimum Gasteiger partial charge on any atom is -0.497 e. The molecule has 2 heterocycles. The fraction of sp³-hybridized carbons (Fsp3) is 0.474. The summed E-state index contributed by atoms with van der Waals surface area (Å²) in [6, 6.07) is 8.31. The van der Waals surface area contributed by atoms with Crippen molar-refractivity contribution in [2.24, 2.45) is 0 Å². The molecule has 0 aliphatic carbocycles. The first-order valence-corrected chi connectivity index (χ1v) is 8.16. The fourth-order valence-electron chi connectivity index (χ4n) is 2.84. The van der Waals surface area contributed by atoms with Crippen molar-refractivity contribution in [2.75, 3.05) is 13.7 Å². The number of nitrogens with zero attached hydrogens (tertiary/aromatic N) is 3. The van der Waals surface area contributed by atoms with Crippen molar-refractivity contribution in [1.82, 2.24) is 14.9 Å². The minimum atomic E-state index is -0.00666. The van der Waals surface area contributed by atoms with Crippen molar-refractivity contribution in [1.29, 1.82) is 0 Å². The Balaban J connectivity index is 1.73. The Morgan fingerprint density at radius 1 is 1.17 bits per heavy atom. The van der Waals surface area contributed by atoms with Crippen LogP contribution < -0.4 is 4.74 Å². The molecule has 1 aliphatic rings. The molecule has 0 bridgehead atoms. The maximum absolute atomic E-state index is 5.22. The smallest absolute Gasteiger partial charge is 0.133 e. The van der Waals surface area contributed by atoms with Crippen molar-refractivity contribution in [3.8, 4) is 5.75 Å². The van der Waals surface area contributed by atoms with E-state index in [0.29, 0.717) is 0 Å². The molecule has 4 nitrogen and oxygen atoms in total. The molecule has 0 N–H and O–H groups in total. The second kappa shape index (κ2) is 6.28. The molecule has 1 aromatic heterocycles. The Morgan fingerprint density at radius 2 is 1.91 bits per heavy atom. The topological polar surface area (TPSA) is 38.2 Å². The summed E-state index contributed by atoms with van der Waals surface area (Å²) >= 11 is 0. The molecule has 3 rings (SSSR count). The molecule has 0 saturated carbocycles. The van der Waals surface area contributed by atoms with E-state index in [1.165, 1.54) is 16.8 Å². The van der Waals surface area contributed by atoms with Gasteiger partial charge in [-0.05, 0) is 29.7 Å². The minimum absolute atomic E-state index is 0.00666. The van der Waals surface area contributed by atoms with Crippen LogP contribution in [0.25, 0.3) is 0 Å². The molecule has 0 saturated heterocycles. The van der Waals surface area contributed by atoms with E-state index in [9.17, 15) is 0 Å². The van der Waals surface area contributed by atoms with Gasteiger partial charge in [0.15, 0.2) is 0 Å². The van der Waals surface area contributed by atoms with Gasteiger partial charge in [0, 0.05) is 31.2 Å². The number of rotatable bonds is 3. The third-order valence-corrected chi connectivity index (χ3v) is 4.26. The molecule has 0 radical (unpaired) electrons. The van der Waals surface area contributed by atoms with E-state index in [-0.39, 0.29) is 5.41 Å². The molecule has 1 aliphatic heterocycles. The van der Waals surface area contributed by atoms with E-state index in [1.807, 2.05) is 18.3 Å². The zero-order valence-corrected chi connectivity index (χ0v) is 14.5. The van der Waals surface area contributed by atoms with E-state index in [0.717, 1.165) is 37.6 Å². The number of benzene rings is 1. The first kappa shape index (κ1) is 15.9. The van der Waals surface area contributed by atoms with Crippen LogP contribution in [0, 0.1) is 0 Å². The lowest BCUT2D eigenvalue weighted by atomic mass is 9.95. The molecule has 1 aromatic carbocycles. The highest BCUT2D eigenvalue weighted by molar-refractivity contribution is 5.28. The van der Waals surface area contributed by atoms with Crippen LogP contribution in [0.15, 0.2) is 30.5 Å². The lowest BCUT2D eigenvalue weighted by molar-refractivity contribution is 0.240. The summed E-state index contributed by atoms with van der Waals surface area (Å²) in [4.78, 5) is 11.8. The summed E-state index contributed by atoms with van der Waals surface area (Å²) in [6.07, 6.45) is 3.05. The predicted octanol–water partition coefficient (Wildman–Crippen LogP) is 3.34. The maximum atomic E-state index is 5.22. The second-order valence-electron chi connectivity index (χ2n) is 7.22. The van der Waals surface area contributed by atoms with E-state index in [4.69, 9.17) is 9.72 Å². The summed E-state index contributed by atoms with van der Waals surface area (Å²) < 4.78 is 5.22. The van der Waals surface area contributed by atoms with Gasteiger partial charge < -0.3 is 4.74 Å². The number of hydrogen-bond donors (Lipinski definition) is 0. The van der Waals surface area contributed by atoms with Crippen LogP contribution in [0.5, 0.6) is 5.75 Å². The van der Waals surface area contributed by atoms with Gasteiger partial charge in [0.1, 0.15) is 11.6 Å². The fourth-order valence-corrected chi connectivity index (χ4v) is 2.84. The Kier molecular flexibility index (Phi) is 4.35. The van der Waals surface area contributed by atoms with E-state index < -0.39 is 0 Å². The summed E-state index contributed by atoms with van der Waals surface area (Å²) in [5.74, 6) is 1.84. The highest BCUT2D eigenvalue weighted by Gasteiger charge is 2.22. The first-order chi connectivity index (χ1) is 11.0. The van der Waals surface area contributed by atoms with E-state index >= 15 is 0 Å². The van der Waals surface area contributed by atoms with Crippen LogP contribution in [0.4, 0.5) is 0 Å². The van der Waals surface area contributed by atoms with E-state index in [2.05, 4.69) is 42.8 Å². The first-order valence-electron chi connectivity index (χ1n) is 8.16. The Bertz CT molecular complexity index is 674. The summed E-state index contributed by atoms with van der Waals surface area (Å²) in [6.45, 7) is 9.37. The third kappa shape index (κ3) is 3.70. The summed E-state index contributed by atoms with van der Waals surface area (Å²) in [7, 11) is 1.70. The van der Waals surface area contributed by atoms with Gasteiger partial charge in [-0.3, -0.25) is 4.90 Å². The molecule has 0 unspecified atom stereocenters. The predicted molar refractivity (Wildman–Crippen MR) is 91.5 cm³/mol. The zero-order chi connectivity index (χ0) is 16.4. The van der Waals surface area contributed by atoms with Crippen LogP contribution in [0.2, 0.25) is 0 Å². The molecular weight excluding hydrogens is 286 g/mol. The van der Waals surface area contributed by atoms with Crippen molar-refractivity contribution in [2.45, 2.75) is 45.7 Å². The summed E-state index contributed by atoms with van der Waals surface area (Å²) in [5, 5.41) is 0. The number of fused-ring (bicyclic) bond motifs is 1. The van der Waals surface area contributed by atoms with Crippen LogP contribution >= 0.6 is 0 Å². The Labute approximate surface area is 138 Å². The number of methoxy groups -OCH3 is 1. The van der Waals surface area contributed by atoms with Crippen LogP contribution in [0.3, 0.4) is 0 Å². The molecular formula is C19H25N3O. The quantitative estimate of drug-likeness (QED) is 0.871. The number of aromatic nitrogens is 2. The number of hydrogen-bond acceptors (Lipinski definition) is 4. The second-order valence-corrected chi connectivity index (χ2v) is 7.22. The van der Waals surface area contributed by atoms with Crippen molar-refractivity contribution < 1.29 is 4.74 Å². The SMILES string of the molecule is COc1ccc(CN2CCc3cnc(C(C)(C)C)nc3C2)cc1. The maximum Gasteiger partial charge on any atom is 0.133 e. The van der Waals surface area contributed by atoms with E-state index in [1.54, 1.807) is 7.11 Å². The van der Waals surface area contributed by atoms with Crippen molar-refractivity contribution in [3.05, 3.63) is 53.1 Å². The normalized spacial score (nSPS) is 15.3. The van der Waals surface area contributed by atoms with Crippen molar-refractivity contribution >= 4 is 0 Å². The van der Waals surface area contributed by atoms with Gasteiger partial charge in [-0.2, -0.15) is 0 Å². The molecule has 0 amide bonds. The standard InChI is InChI=1S/C19H25N3O/c1-19(2,3)18-20-11-15-9-10-22(13-17(15)21-18)12-14-5-7-16(23-4)8-6-14/h5-8,11H,9-10,12-13H2,1-4H3. The molecule has 23 heavy (non-hydrogen) atoms. The highest BCUT2D eigenvalue weighted by Crippen LogP contribution is 2.23. The van der Waals surface area contributed by atoms with Gasteiger partial charge in [-0.15, -0.1) is 0 Å². The molecule has 4 heteroatoms. The van der Waals surface area contributed by atoms with Gasteiger partial charge in [0.25, 0.3) is 0 Å². The summed E-state index contributed by atoms with van der Waals surface area (Å²) in [5.41, 5.74) is 3.78. The Hall–Kier alpha value is -1.94. The van der Waals surface area contributed by atoms with Gasteiger partial charge in [-0.1, -0.05) is 32.9 Å². The van der Waals surface area contributed by atoms with Gasteiger partial charge >= 0.3 is 0 Å². The zero-order valence-electron chi connectivity index (χ0n) is 14.5. The van der Waals surface area contributed by atoms with Crippen molar-refractivity contribution in [3.63, 3.8) is 0 Å². The lowest BCUT2D eigenvalue weighted by Crippen LogP contribution is -2.32. The van der Waals surface area contributed by atoms with Crippen LogP contribution in [0.1, 0.15) is 43.4 Å². The molecule has 0 spiro atoms. The van der Waals surface area contributed by atoms with Gasteiger partial charge in [0.2, 0.25) is 0 Å². The molecule has 0 atom stereocenters. The van der Waals surface area contributed by atoms with Gasteiger partial charge in [0.05, 0.1) is 12.8 Å². The average molecular weight is 311 g/mol.